The summed E-state index contributed by atoms with van der Waals surface area (Å²) in [5, 5.41) is 0. The molecule has 1 aliphatic carbocycles. The molecule has 0 spiro atoms. The van der Waals surface area contributed by atoms with Crippen LogP contribution in [0.5, 0.6) is 0 Å². The third kappa shape index (κ3) is 4.08. The molecule has 3 atom stereocenters. The molecule has 0 saturated heterocycles. The van der Waals surface area contributed by atoms with Crippen molar-refractivity contribution in [2.45, 2.75) is 52.4 Å². The van der Waals surface area contributed by atoms with Crippen molar-refractivity contribution in [3.05, 3.63) is 12.2 Å². The van der Waals surface area contributed by atoms with Crippen molar-refractivity contribution in [1.29, 1.82) is 0 Å². The van der Waals surface area contributed by atoms with Gasteiger partial charge in [0.2, 0.25) is 5.91 Å². The molecule has 0 aromatic rings. The summed E-state index contributed by atoms with van der Waals surface area (Å²) in [6.07, 6.45) is 2.89. The zero-order chi connectivity index (χ0) is 15.3. The van der Waals surface area contributed by atoms with Crippen LogP contribution in [0.25, 0.3) is 0 Å². The Morgan fingerprint density at radius 3 is 1.75 bits per heavy atom. The molecule has 0 aliphatic heterocycles. The first-order chi connectivity index (χ1) is 9.36. The number of ether oxygens (including phenoxy) is 2. The van der Waals surface area contributed by atoms with E-state index in [4.69, 9.17) is 9.47 Å². The van der Waals surface area contributed by atoms with Crippen molar-refractivity contribution in [1.82, 2.24) is 4.90 Å². The first kappa shape index (κ1) is 16.2. The van der Waals surface area contributed by atoms with Crippen molar-refractivity contribution < 1.29 is 23.9 Å². The van der Waals surface area contributed by atoms with Crippen molar-refractivity contribution in [2.24, 2.45) is 0 Å². The molecule has 1 aliphatic rings. The van der Waals surface area contributed by atoms with Gasteiger partial charge in [-0.3, -0.25) is 14.4 Å². The van der Waals surface area contributed by atoms with Gasteiger partial charge in [0.25, 0.3) is 0 Å². The minimum atomic E-state index is -0.590. The van der Waals surface area contributed by atoms with Crippen molar-refractivity contribution >= 4 is 17.8 Å². The molecular weight excluding hydrogens is 262 g/mol. The third-order valence-corrected chi connectivity index (χ3v) is 3.00. The summed E-state index contributed by atoms with van der Waals surface area (Å²) in [4.78, 5) is 35.7. The highest BCUT2D eigenvalue weighted by Crippen LogP contribution is 2.24. The van der Waals surface area contributed by atoms with E-state index in [2.05, 4.69) is 0 Å². The lowest BCUT2D eigenvalue weighted by Crippen LogP contribution is -2.51. The van der Waals surface area contributed by atoms with Crippen LogP contribution in [-0.4, -0.2) is 47.5 Å². The Kier molecular flexibility index (Phi) is 5.73. The van der Waals surface area contributed by atoms with E-state index in [1.165, 1.54) is 20.8 Å². The predicted molar refractivity (Wildman–Crippen MR) is 71.7 cm³/mol. The van der Waals surface area contributed by atoms with Crippen LogP contribution in [0.3, 0.4) is 0 Å². The second-order valence-corrected chi connectivity index (χ2v) is 4.74. The summed E-state index contributed by atoms with van der Waals surface area (Å²) < 4.78 is 10.4. The Morgan fingerprint density at radius 2 is 1.45 bits per heavy atom. The van der Waals surface area contributed by atoms with E-state index in [1.54, 1.807) is 17.1 Å². The fraction of sp³-hybridized carbons (Fsp3) is 0.643. The number of carbonyl (C=O) groups excluding carboxylic acids is 3. The second-order valence-electron chi connectivity index (χ2n) is 4.74. The summed E-state index contributed by atoms with van der Waals surface area (Å²) in [7, 11) is 0. The van der Waals surface area contributed by atoms with Crippen molar-refractivity contribution in [3.8, 4) is 0 Å². The van der Waals surface area contributed by atoms with Crippen LogP contribution in [0, 0.1) is 0 Å². The van der Waals surface area contributed by atoms with Gasteiger partial charge in [0.05, 0.1) is 0 Å². The maximum atomic E-state index is 11.8. The van der Waals surface area contributed by atoms with Gasteiger partial charge in [0.15, 0.2) is 0 Å². The van der Waals surface area contributed by atoms with Gasteiger partial charge in [-0.2, -0.15) is 0 Å². The lowest BCUT2D eigenvalue weighted by Gasteiger charge is -2.34. The standard InChI is InChI=1S/C14H21NO5/c1-5-8-15(9(2)16)14-12(19-10(3)17)6-7-13(14)20-11(4)18/h6-7,12-14H,5,8H2,1-4H3/t12-,13+,14?. The second kappa shape index (κ2) is 7.07. The molecule has 0 saturated carbocycles. The van der Waals surface area contributed by atoms with Gasteiger partial charge in [-0.1, -0.05) is 6.92 Å². The molecule has 0 aromatic heterocycles. The highest BCUT2D eigenvalue weighted by atomic mass is 16.6. The maximum Gasteiger partial charge on any atom is 0.303 e. The molecule has 0 fully saturated rings. The average Bonchev–Trinajstić information content (AvgIpc) is 2.67. The first-order valence-electron chi connectivity index (χ1n) is 6.66. The number of rotatable bonds is 5. The van der Waals surface area contributed by atoms with Gasteiger partial charge < -0.3 is 14.4 Å². The van der Waals surface area contributed by atoms with E-state index in [9.17, 15) is 14.4 Å². The van der Waals surface area contributed by atoms with E-state index < -0.39 is 30.2 Å². The zero-order valence-electron chi connectivity index (χ0n) is 12.3. The number of amides is 1. The normalized spacial score (nSPS) is 24.3. The minimum Gasteiger partial charge on any atom is -0.456 e. The van der Waals surface area contributed by atoms with Crippen LogP contribution < -0.4 is 0 Å². The smallest absolute Gasteiger partial charge is 0.303 e. The molecule has 6 heteroatoms. The fourth-order valence-corrected chi connectivity index (χ4v) is 2.35. The van der Waals surface area contributed by atoms with Crippen LogP contribution in [0.4, 0.5) is 0 Å². The highest BCUT2D eigenvalue weighted by molar-refractivity contribution is 5.74. The monoisotopic (exact) mass is 283 g/mol. The molecule has 1 unspecified atom stereocenters. The summed E-state index contributed by atoms with van der Waals surface area (Å²) >= 11 is 0. The van der Waals surface area contributed by atoms with Gasteiger partial charge in [0, 0.05) is 27.3 Å². The summed E-state index contributed by atoms with van der Waals surface area (Å²) in [5.74, 6) is -1.02. The lowest BCUT2D eigenvalue weighted by molar-refractivity contribution is -0.158. The first-order valence-corrected chi connectivity index (χ1v) is 6.66. The van der Waals surface area contributed by atoms with Gasteiger partial charge in [-0.05, 0) is 18.6 Å². The predicted octanol–water partition coefficient (Wildman–Crippen LogP) is 1.05. The van der Waals surface area contributed by atoms with Gasteiger partial charge in [-0.15, -0.1) is 0 Å². The lowest BCUT2D eigenvalue weighted by atomic mass is 10.1. The van der Waals surface area contributed by atoms with Crippen LogP contribution in [0.1, 0.15) is 34.1 Å². The largest absolute Gasteiger partial charge is 0.456 e. The molecular formula is C14H21NO5. The van der Waals surface area contributed by atoms with E-state index in [0.29, 0.717) is 6.54 Å². The molecule has 1 amide bonds. The average molecular weight is 283 g/mol. The topological polar surface area (TPSA) is 72.9 Å². The van der Waals surface area contributed by atoms with Gasteiger partial charge >= 0.3 is 11.9 Å². The quantitative estimate of drug-likeness (QED) is 0.557. The fourth-order valence-electron chi connectivity index (χ4n) is 2.35. The molecule has 112 valence electrons. The van der Waals surface area contributed by atoms with Crippen molar-refractivity contribution in [3.63, 3.8) is 0 Å². The highest BCUT2D eigenvalue weighted by Gasteiger charge is 2.41. The molecule has 0 N–H and O–H groups in total. The Labute approximate surface area is 118 Å². The number of carbonyl (C=O) groups is 3. The number of nitrogens with zero attached hydrogens (tertiary/aromatic N) is 1. The number of hydrogen-bond acceptors (Lipinski definition) is 5. The molecule has 6 nitrogen and oxygen atoms in total. The Balaban J connectivity index is 2.97. The van der Waals surface area contributed by atoms with E-state index in [-0.39, 0.29) is 5.91 Å². The molecule has 0 bridgehead atoms. The summed E-state index contributed by atoms with van der Waals surface area (Å²) in [6.45, 7) is 6.52. The minimum absolute atomic E-state index is 0.144. The SMILES string of the molecule is CCCN(C(C)=O)C1[C@@H](OC(C)=O)C=C[C@H]1OC(C)=O. The van der Waals surface area contributed by atoms with Crippen LogP contribution >= 0.6 is 0 Å². The number of esters is 2. The van der Waals surface area contributed by atoms with E-state index in [0.717, 1.165) is 6.42 Å². The molecule has 1 rings (SSSR count). The number of hydrogen-bond donors (Lipinski definition) is 0. The van der Waals surface area contributed by atoms with Gasteiger partial charge in [-0.25, -0.2) is 0 Å². The molecule has 0 heterocycles. The van der Waals surface area contributed by atoms with Crippen molar-refractivity contribution in [2.75, 3.05) is 6.54 Å². The maximum absolute atomic E-state index is 11.8. The van der Waals surface area contributed by atoms with E-state index >= 15 is 0 Å². The third-order valence-electron chi connectivity index (χ3n) is 3.00. The Morgan fingerprint density at radius 1 is 1.00 bits per heavy atom. The molecule has 20 heavy (non-hydrogen) atoms. The van der Waals surface area contributed by atoms with Crippen LogP contribution in [-0.2, 0) is 23.9 Å². The van der Waals surface area contributed by atoms with Crippen LogP contribution in [0.2, 0.25) is 0 Å². The summed E-state index contributed by atoms with van der Waals surface area (Å²) in [5.41, 5.74) is 0. The molecule has 0 radical (unpaired) electrons. The van der Waals surface area contributed by atoms with E-state index in [1.807, 2.05) is 6.92 Å². The van der Waals surface area contributed by atoms with Gasteiger partial charge in [0.1, 0.15) is 18.2 Å². The zero-order valence-corrected chi connectivity index (χ0v) is 12.3. The Bertz CT molecular complexity index is 392. The molecule has 0 aromatic carbocycles. The summed E-state index contributed by atoms with van der Waals surface area (Å²) in [6, 6.07) is -0.500. The Hall–Kier alpha value is -1.85. The van der Waals surface area contributed by atoms with Crippen LogP contribution in [0.15, 0.2) is 12.2 Å².